The highest BCUT2D eigenvalue weighted by Crippen LogP contribution is 2.25. The van der Waals surface area contributed by atoms with Crippen LogP contribution in [0.25, 0.3) is 21.9 Å². The number of benzene rings is 1. The summed E-state index contributed by atoms with van der Waals surface area (Å²) >= 11 is 0. The number of phosphoric acid groups is 1. The number of pyridine rings is 1. The number of aromatic nitrogens is 3. The van der Waals surface area contributed by atoms with Crippen molar-refractivity contribution in [3.05, 3.63) is 36.8 Å². The van der Waals surface area contributed by atoms with Crippen molar-refractivity contribution in [3.63, 3.8) is 0 Å². The molecule has 0 bridgehead atoms. The number of H-pyrrole nitrogens is 1. The predicted octanol–water partition coefficient (Wildman–Crippen LogP) is 1.18. The van der Waals surface area contributed by atoms with Crippen molar-refractivity contribution in [2.24, 2.45) is 0 Å². The Morgan fingerprint density at radius 2 is 1.83 bits per heavy atom. The van der Waals surface area contributed by atoms with Gasteiger partial charge in [0.2, 0.25) is 0 Å². The number of imidazole rings is 1. The van der Waals surface area contributed by atoms with E-state index in [2.05, 4.69) is 15.0 Å². The van der Waals surface area contributed by atoms with Crippen molar-refractivity contribution >= 4 is 29.8 Å². The molecule has 7 nitrogen and oxygen atoms in total. The minimum atomic E-state index is -4.64. The van der Waals surface area contributed by atoms with Gasteiger partial charge in [-0.2, -0.15) is 0 Å². The average molecular weight is 267 g/mol. The molecule has 8 heteroatoms. The van der Waals surface area contributed by atoms with Crippen LogP contribution in [0.5, 0.6) is 0 Å². The second kappa shape index (κ2) is 4.83. The minimum absolute atomic E-state index is 0.964. The van der Waals surface area contributed by atoms with E-state index in [1.165, 1.54) is 0 Å². The molecule has 0 atom stereocenters. The lowest BCUT2D eigenvalue weighted by molar-refractivity contribution is 0.275. The van der Waals surface area contributed by atoms with Gasteiger partial charge in [-0.1, -0.05) is 12.1 Å². The Labute approximate surface area is 101 Å². The van der Waals surface area contributed by atoms with E-state index in [0.29, 0.717) is 0 Å². The first kappa shape index (κ1) is 12.7. The maximum atomic E-state index is 8.88. The van der Waals surface area contributed by atoms with Crippen LogP contribution < -0.4 is 0 Å². The fraction of sp³-hybridized carbons (Fsp3) is 0. The van der Waals surface area contributed by atoms with Gasteiger partial charge in [-0.15, -0.1) is 0 Å². The molecule has 0 amide bonds. The average Bonchev–Trinajstić information content (AvgIpc) is 2.75. The van der Waals surface area contributed by atoms with Crippen LogP contribution in [0.15, 0.2) is 36.8 Å². The number of aromatic amines is 1. The van der Waals surface area contributed by atoms with Gasteiger partial charge in [0.25, 0.3) is 0 Å². The van der Waals surface area contributed by atoms with Crippen molar-refractivity contribution in [2.45, 2.75) is 0 Å². The third-order valence-corrected chi connectivity index (χ3v) is 2.17. The summed E-state index contributed by atoms with van der Waals surface area (Å²) in [7, 11) is -4.64. The van der Waals surface area contributed by atoms with Gasteiger partial charge in [-0.3, -0.25) is 4.98 Å². The van der Waals surface area contributed by atoms with E-state index in [1.807, 2.05) is 24.3 Å². The molecule has 3 rings (SSSR count). The second-order valence-electron chi connectivity index (χ2n) is 3.45. The Morgan fingerprint density at radius 3 is 2.56 bits per heavy atom. The van der Waals surface area contributed by atoms with Gasteiger partial charge in [0.05, 0.1) is 22.9 Å². The summed E-state index contributed by atoms with van der Waals surface area (Å²) < 4.78 is 8.88. The first-order chi connectivity index (χ1) is 8.45. The van der Waals surface area contributed by atoms with Gasteiger partial charge in [0, 0.05) is 11.6 Å². The summed E-state index contributed by atoms with van der Waals surface area (Å²) in [6, 6.07) is 8.01. The molecule has 2 aromatic heterocycles. The molecule has 0 aliphatic rings. The van der Waals surface area contributed by atoms with Gasteiger partial charge in [0.15, 0.2) is 0 Å². The summed E-state index contributed by atoms with van der Waals surface area (Å²) in [6.07, 6.45) is 3.49. The van der Waals surface area contributed by atoms with Crippen LogP contribution in [0.2, 0.25) is 0 Å². The van der Waals surface area contributed by atoms with Gasteiger partial charge in [0.1, 0.15) is 0 Å². The number of nitrogens with one attached hydrogen (secondary N) is 1. The van der Waals surface area contributed by atoms with Gasteiger partial charge >= 0.3 is 7.82 Å². The molecule has 0 aliphatic carbocycles. The predicted molar refractivity (Wildman–Crippen MR) is 65.7 cm³/mol. The first-order valence-corrected chi connectivity index (χ1v) is 6.47. The van der Waals surface area contributed by atoms with Crippen LogP contribution in [0.4, 0.5) is 0 Å². The number of hydrogen-bond donors (Lipinski definition) is 4. The summed E-state index contributed by atoms with van der Waals surface area (Å²) in [4.78, 5) is 33.1. The van der Waals surface area contributed by atoms with Gasteiger partial charge in [-0.05, 0) is 12.1 Å². The zero-order chi connectivity index (χ0) is 13.2. The van der Waals surface area contributed by atoms with Crippen molar-refractivity contribution < 1.29 is 19.2 Å². The van der Waals surface area contributed by atoms with E-state index in [1.54, 1.807) is 12.5 Å². The quantitative estimate of drug-likeness (QED) is 0.454. The zero-order valence-electron chi connectivity index (χ0n) is 9.06. The van der Waals surface area contributed by atoms with Crippen LogP contribution in [0.3, 0.4) is 0 Å². The molecule has 0 saturated heterocycles. The molecule has 4 N–H and O–H groups in total. The molecule has 0 spiro atoms. The molecular formula is C10H10N3O4P. The molecule has 94 valence electrons. The van der Waals surface area contributed by atoms with Crippen molar-refractivity contribution in [3.8, 4) is 0 Å². The maximum absolute atomic E-state index is 8.88. The monoisotopic (exact) mass is 267 g/mol. The lowest BCUT2D eigenvalue weighted by atomic mass is 10.2. The van der Waals surface area contributed by atoms with E-state index >= 15 is 0 Å². The lowest BCUT2D eigenvalue weighted by Gasteiger charge is -1.95. The highest BCUT2D eigenvalue weighted by atomic mass is 31.2. The summed E-state index contributed by atoms with van der Waals surface area (Å²) in [5.74, 6) is 0. The van der Waals surface area contributed by atoms with Crippen LogP contribution in [-0.4, -0.2) is 29.6 Å². The SMILES string of the molecule is O=P(O)(O)O.c1cnc2c(c1)ccc1nc[nH]c12. The standard InChI is InChI=1S/C10H7N3.H3O4P/c1-2-7-3-4-8-10(13-6-12-8)9(7)11-5-1;1-5(2,3)4/h1-6H,(H,12,13);(H3,1,2,3,4). The summed E-state index contributed by atoms with van der Waals surface area (Å²) in [5.41, 5.74) is 2.96. The number of fused-ring (bicyclic) bond motifs is 3. The van der Waals surface area contributed by atoms with Crippen LogP contribution in [0.1, 0.15) is 0 Å². The second-order valence-corrected chi connectivity index (χ2v) is 4.48. The third-order valence-electron chi connectivity index (χ3n) is 2.17. The van der Waals surface area contributed by atoms with E-state index in [9.17, 15) is 0 Å². The summed E-state index contributed by atoms with van der Waals surface area (Å²) in [6.45, 7) is 0. The minimum Gasteiger partial charge on any atom is -0.343 e. The van der Waals surface area contributed by atoms with E-state index in [4.69, 9.17) is 19.2 Å². The molecule has 0 radical (unpaired) electrons. The molecule has 0 aliphatic heterocycles. The smallest absolute Gasteiger partial charge is 0.343 e. The molecule has 2 heterocycles. The zero-order valence-corrected chi connectivity index (χ0v) is 9.95. The molecule has 0 fully saturated rings. The Morgan fingerprint density at radius 1 is 1.11 bits per heavy atom. The molecule has 0 saturated carbocycles. The van der Waals surface area contributed by atoms with Crippen LogP contribution in [-0.2, 0) is 4.57 Å². The van der Waals surface area contributed by atoms with Gasteiger partial charge in [-0.25, -0.2) is 9.55 Å². The molecule has 1 aromatic carbocycles. The molecule has 3 aromatic rings. The maximum Gasteiger partial charge on any atom is 0.466 e. The van der Waals surface area contributed by atoms with Crippen LogP contribution in [0, 0.1) is 0 Å². The van der Waals surface area contributed by atoms with Gasteiger partial charge < -0.3 is 19.7 Å². The van der Waals surface area contributed by atoms with Crippen molar-refractivity contribution in [1.82, 2.24) is 15.0 Å². The van der Waals surface area contributed by atoms with E-state index in [0.717, 1.165) is 21.9 Å². The lowest BCUT2D eigenvalue weighted by Crippen LogP contribution is -1.79. The van der Waals surface area contributed by atoms with Crippen molar-refractivity contribution in [1.29, 1.82) is 0 Å². The van der Waals surface area contributed by atoms with Crippen LogP contribution >= 0.6 is 7.82 Å². The fourth-order valence-corrected chi connectivity index (χ4v) is 1.55. The van der Waals surface area contributed by atoms with Crippen molar-refractivity contribution in [2.75, 3.05) is 0 Å². The highest BCUT2D eigenvalue weighted by molar-refractivity contribution is 7.45. The first-order valence-electron chi connectivity index (χ1n) is 4.90. The summed E-state index contributed by atoms with van der Waals surface area (Å²) in [5, 5.41) is 1.14. The normalized spacial score (nSPS) is 11.3. The molecule has 0 unspecified atom stereocenters. The Kier molecular flexibility index (Phi) is 3.40. The van der Waals surface area contributed by atoms with E-state index < -0.39 is 7.82 Å². The molecule has 18 heavy (non-hydrogen) atoms. The third kappa shape index (κ3) is 3.12. The Bertz CT molecular complexity index is 713. The number of rotatable bonds is 0. The topological polar surface area (TPSA) is 119 Å². The Hall–Kier alpha value is -1.79. The number of hydrogen-bond acceptors (Lipinski definition) is 3. The number of nitrogens with zero attached hydrogens (tertiary/aromatic N) is 2. The fourth-order valence-electron chi connectivity index (χ4n) is 1.55. The molecular weight excluding hydrogens is 257 g/mol. The Balaban J connectivity index is 0.000000209. The largest absolute Gasteiger partial charge is 0.466 e. The highest BCUT2D eigenvalue weighted by Gasteiger charge is 2.01. The van der Waals surface area contributed by atoms with E-state index in [-0.39, 0.29) is 0 Å².